The Kier molecular flexibility index (Phi) is 12.0. The molecule has 0 aromatic rings. The number of hydrogen-bond donors (Lipinski definition) is 0. The zero-order valence-electron chi connectivity index (χ0n) is 11.6. The number of hydrogen-bond acceptors (Lipinski definition) is 2. The van der Waals surface area contributed by atoms with Gasteiger partial charge in [-0.1, -0.05) is 0 Å². The molecule has 0 rings (SSSR count). The van der Waals surface area contributed by atoms with Crippen LogP contribution in [0.1, 0.15) is 20.8 Å². The molecule has 0 atom stereocenters. The van der Waals surface area contributed by atoms with Gasteiger partial charge in [0.15, 0.2) is 0 Å². The summed E-state index contributed by atoms with van der Waals surface area (Å²) in [5, 5.41) is 0. The highest BCUT2D eigenvalue weighted by Crippen LogP contribution is 2.06. The molecule has 0 aromatic carbocycles. The third kappa shape index (κ3) is 7.44. The Morgan fingerprint density at radius 1 is 1.00 bits per heavy atom. The van der Waals surface area contributed by atoms with Crippen molar-refractivity contribution in [1.82, 2.24) is 4.90 Å². The van der Waals surface area contributed by atoms with E-state index in [2.05, 4.69) is 39.8 Å². The summed E-state index contributed by atoms with van der Waals surface area (Å²) in [5.41, 5.74) is 0. The van der Waals surface area contributed by atoms with E-state index in [-0.39, 0.29) is 12.4 Å². The first kappa shape index (κ1) is 18.5. The minimum absolute atomic E-state index is 0. The maximum Gasteiger partial charge on any atom is 0.102 e. The fourth-order valence-corrected chi connectivity index (χ4v) is 1.78. The predicted octanol–water partition coefficient (Wildman–Crippen LogP) is -1.55. The van der Waals surface area contributed by atoms with Crippen LogP contribution in [-0.4, -0.2) is 69.4 Å². The smallest absolute Gasteiger partial charge is 0.102 e. The molecule has 0 bridgehead atoms. The van der Waals surface area contributed by atoms with Crippen molar-refractivity contribution in [3.8, 4) is 0 Å². The van der Waals surface area contributed by atoms with Gasteiger partial charge in [-0.2, -0.15) is 0 Å². The first-order valence-corrected chi connectivity index (χ1v) is 6.17. The average Bonchev–Trinajstić information content (AvgIpc) is 2.23. The molecule has 0 radical (unpaired) electrons. The van der Waals surface area contributed by atoms with Crippen LogP contribution in [0.25, 0.3) is 0 Å². The van der Waals surface area contributed by atoms with Crippen molar-refractivity contribution in [2.45, 2.75) is 20.8 Å². The van der Waals surface area contributed by atoms with Crippen LogP contribution in [0, 0.1) is 0 Å². The molecule has 0 aliphatic heterocycles. The van der Waals surface area contributed by atoms with Gasteiger partial charge in [0, 0.05) is 13.2 Å². The van der Waals surface area contributed by atoms with Gasteiger partial charge >= 0.3 is 0 Å². The molecule has 16 heavy (non-hydrogen) atoms. The molecule has 0 aliphatic carbocycles. The van der Waals surface area contributed by atoms with Gasteiger partial charge in [0.25, 0.3) is 0 Å². The fourth-order valence-electron chi connectivity index (χ4n) is 1.78. The molecule has 0 N–H and O–H groups in total. The SMILES string of the molecule is CCOCC[N+](CC)(CC)CCN(C)C.[Cl-]. The largest absolute Gasteiger partial charge is 1.00 e. The van der Waals surface area contributed by atoms with Crippen molar-refractivity contribution in [3.05, 3.63) is 0 Å². The highest BCUT2D eigenvalue weighted by atomic mass is 35.5. The molecule has 0 heterocycles. The highest BCUT2D eigenvalue weighted by Gasteiger charge is 2.22. The van der Waals surface area contributed by atoms with Gasteiger partial charge in [0.2, 0.25) is 0 Å². The van der Waals surface area contributed by atoms with E-state index in [0.717, 1.165) is 26.3 Å². The normalized spacial score (nSPS) is 11.6. The Bertz CT molecular complexity index is 150. The van der Waals surface area contributed by atoms with Crippen LogP contribution in [0.15, 0.2) is 0 Å². The van der Waals surface area contributed by atoms with E-state index in [1.54, 1.807) is 0 Å². The Labute approximate surface area is 108 Å². The maximum atomic E-state index is 5.47. The van der Waals surface area contributed by atoms with Crippen LogP contribution < -0.4 is 12.4 Å². The van der Waals surface area contributed by atoms with Crippen molar-refractivity contribution < 1.29 is 21.6 Å². The third-order valence-corrected chi connectivity index (χ3v) is 3.28. The molecule has 0 fully saturated rings. The van der Waals surface area contributed by atoms with Gasteiger partial charge in [-0.25, -0.2) is 0 Å². The molecule has 0 spiro atoms. The number of nitrogens with zero attached hydrogens (tertiary/aromatic N) is 2. The Balaban J connectivity index is 0. The maximum absolute atomic E-state index is 5.47. The minimum Gasteiger partial charge on any atom is -1.00 e. The van der Waals surface area contributed by atoms with Crippen molar-refractivity contribution >= 4 is 0 Å². The zero-order chi connectivity index (χ0) is 11.7. The lowest BCUT2D eigenvalue weighted by molar-refractivity contribution is -0.924. The minimum atomic E-state index is 0. The third-order valence-electron chi connectivity index (χ3n) is 3.28. The molecular formula is C12H29ClN2O. The number of likely N-dealkylation sites (N-methyl/N-ethyl adjacent to an activating group) is 2. The van der Waals surface area contributed by atoms with Gasteiger partial charge in [-0.15, -0.1) is 0 Å². The van der Waals surface area contributed by atoms with E-state index in [1.165, 1.54) is 24.1 Å². The van der Waals surface area contributed by atoms with Gasteiger partial charge in [-0.3, -0.25) is 0 Å². The summed E-state index contributed by atoms with van der Waals surface area (Å²) in [5.74, 6) is 0. The molecule has 0 saturated heterocycles. The van der Waals surface area contributed by atoms with Crippen molar-refractivity contribution in [2.75, 3.05) is 60.0 Å². The Morgan fingerprint density at radius 3 is 1.94 bits per heavy atom. The van der Waals surface area contributed by atoms with Gasteiger partial charge in [0.05, 0.1) is 26.2 Å². The van der Waals surface area contributed by atoms with E-state index in [9.17, 15) is 0 Å². The molecule has 0 aliphatic rings. The summed E-state index contributed by atoms with van der Waals surface area (Å²) >= 11 is 0. The van der Waals surface area contributed by atoms with Gasteiger partial charge in [-0.05, 0) is 34.9 Å². The molecule has 3 nitrogen and oxygen atoms in total. The standard InChI is InChI=1S/C12H29N2O.ClH/c1-6-14(7-2,10-9-13(4)5)11-12-15-8-3;/h6-12H2,1-5H3;1H/q+1;/p-1. The number of halogens is 1. The molecule has 0 unspecified atom stereocenters. The van der Waals surface area contributed by atoms with Crippen molar-refractivity contribution in [1.29, 1.82) is 0 Å². The second kappa shape index (κ2) is 10.3. The van der Waals surface area contributed by atoms with Crippen molar-refractivity contribution in [3.63, 3.8) is 0 Å². The first-order chi connectivity index (χ1) is 7.10. The molecule has 4 heteroatoms. The van der Waals surface area contributed by atoms with E-state index < -0.39 is 0 Å². The molecule has 100 valence electrons. The van der Waals surface area contributed by atoms with Gasteiger partial charge in [0.1, 0.15) is 6.54 Å². The molecule has 0 saturated carbocycles. The van der Waals surface area contributed by atoms with Gasteiger partial charge < -0.3 is 26.5 Å². The molecular weight excluding hydrogens is 224 g/mol. The van der Waals surface area contributed by atoms with E-state index >= 15 is 0 Å². The summed E-state index contributed by atoms with van der Waals surface area (Å²) in [7, 11) is 4.28. The predicted molar refractivity (Wildman–Crippen MR) is 66.1 cm³/mol. The Hall–Kier alpha value is 0.170. The lowest BCUT2D eigenvalue weighted by Gasteiger charge is -2.37. The summed E-state index contributed by atoms with van der Waals surface area (Å²) in [6, 6.07) is 0. The van der Waals surface area contributed by atoms with E-state index in [1.807, 2.05) is 0 Å². The second-order valence-corrected chi connectivity index (χ2v) is 4.42. The quantitative estimate of drug-likeness (QED) is 0.364. The topological polar surface area (TPSA) is 12.5 Å². The second-order valence-electron chi connectivity index (χ2n) is 4.42. The van der Waals surface area contributed by atoms with Crippen LogP contribution >= 0.6 is 0 Å². The van der Waals surface area contributed by atoms with Crippen LogP contribution in [-0.2, 0) is 4.74 Å². The van der Waals surface area contributed by atoms with E-state index in [0.29, 0.717) is 0 Å². The first-order valence-electron chi connectivity index (χ1n) is 6.17. The lowest BCUT2D eigenvalue weighted by Crippen LogP contribution is -3.00. The molecule has 0 aromatic heterocycles. The monoisotopic (exact) mass is 252 g/mol. The number of ether oxygens (including phenoxy) is 1. The summed E-state index contributed by atoms with van der Waals surface area (Å²) in [4.78, 5) is 2.26. The van der Waals surface area contributed by atoms with Crippen LogP contribution in [0.2, 0.25) is 0 Å². The van der Waals surface area contributed by atoms with Crippen molar-refractivity contribution in [2.24, 2.45) is 0 Å². The Morgan fingerprint density at radius 2 is 1.56 bits per heavy atom. The summed E-state index contributed by atoms with van der Waals surface area (Å²) in [6.07, 6.45) is 0. The highest BCUT2D eigenvalue weighted by molar-refractivity contribution is 4.46. The summed E-state index contributed by atoms with van der Waals surface area (Å²) in [6.45, 7) is 14.3. The summed E-state index contributed by atoms with van der Waals surface area (Å²) < 4.78 is 6.65. The molecule has 0 amide bonds. The van der Waals surface area contributed by atoms with E-state index in [4.69, 9.17) is 4.74 Å². The number of quaternary nitrogens is 1. The van der Waals surface area contributed by atoms with Crippen LogP contribution in [0.4, 0.5) is 0 Å². The fraction of sp³-hybridized carbons (Fsp3) is 1.00. The van der Waals surface area contributed by atoms with Crippen LogP contribution in [0.3, 0.4) is 0 Å². The lowest BCUT2D eigenvalue weighted by atomic mass is 10.3. The zero-order valence-corrected chi connectivity index (χ0v) is 12.4. The number of rotatable bonds is 9. The average molecular weight is 253 g/mol. The van der Waals surface area contributed by atoms with Crippen LogP contribution in [0.5, 0.6) is 0 Å².